The number of aryl methyl sites for hydroxylation is 1. The van der Waals surface area contributed by atoms with E-state index in [9.17, 15) is 19.5 Å². The second-order valence-corrected chi connectivity index (χ2v) is 7.03. The van der Waals surface area contributed by atoms with E-state index in [0.717, 1.165) is 44.3 Å². The van der Waals surface area contributed by atoms with Gasteiger partial charge in [0.2, 0.25) is 0 Å². The zero-order chi connectivity index (χ0) is 19.4. The summed E-state index contributed by atoms with van der Waals surface area (Å²) in [7, 11) is 0. The van der Waals surface area contributed by atoms with E-state index in [4.69, 9.17) is 0 Å². The summed E-state index contributed by atoms with van der Waals surface area (Å²) in [5.41, 5.74) is 0.729. The molecule has 1 aliphatic heterocycles. The second kappa shape index (κ2) is 8.33. The molecule has 7 nitrogen and oxygen atoms in total. The minimum Gasteiger partial charge on any atom is -0.480 e. The minimum atomic E-state index is -1.04. The summed E-state index contributed by atoms with van der Waals surface area (Å²) in [6.07, 6.45) is 5.75. The first-order valence-electron chi connectivity index (χ1n) is 9.58. The molecule has 1 amide bonds. The Morgan fingerprint density at radius 3 is 2.85 bits per heavy atom. The highest BCUT2D eigenvalue weighted by Gasteiger charge is 2.21. The number of carbonyl (C=O) groups is 2. The molecule has 2 N–H and O–H groups in total. The quantitative estimate of drug-likeness (QED) is 0.812. The van der Waals surface area contributed by atoms with Crippen molar-refractivity contribution in [1.29, 1.82) is 0 Å². The number of aromatic nitrogens is 2. The number of unbranched alkanes of at least 4 members (excludes halogenated alkanes) is 1. The molecule has 0 bridgehead atoms. The third kappa shape index (κ3) is 4.18. The van der Waals surface area contributed by atoms with E-state index < -0.39 is 17.9 Å². The fourth-order valence-electron chi connectivity index (χ4n) is 3.47. The lowest BCUT2D eigenvalue weighted by atomic mass is 10.1. The Morgan fingerprint density at radius 2 is 2.11 bits per heavy atom. The van der Waals surface area contributed by atoms with E-state index in [1.54, 1.807) is 22.8 Å². The number of fused-ring (bicyclic) bond motifs is 2. The maximum Gasteiger partial charge on any atom is 0.326 e. The molecule has 0 saturated carbocycles. The summed E-state index contributed by atoms with van der Waals surface area (Å²) in [4.78, 5) is 41.2. The number of hydrogen-bond donors (Lipinski definition) is 2. The number of rotatable bonds is 6. The van der Waals surface area contributed by atoms with Crippen molar-refractivity contribution in [2.75, 3.05) is 0 Å². The highest BCUT2D eigenvalue weighted by molar-refractivity contribution is 5.99. The van der Waals surface area contributed by atoms with Crippen molar-refractivity contribution in [1.82, 2.24) is 14.9 Å². The number of benzene rings is 1. The number of carboxylic acids is 1. The van der Waals surface area contributed by atoms with Crippen LogP contribution in [0, 0.1) is 0 Å². The Morgan fingerprint density at radius 1 is 1.30 bits per heavy atom. The van der Waals surface area contributed by atoms with Crippen LogP contribution >= 0.6 is 0 Å². The van der Waals surface area contributed by atoms with Crippen LogP contribution in [0.3, 0.4) is 0 Å². The number of carboxylic acid groups (broad SMARTS) is 1. The molecule has 1 aliphatic rings. The van der Waals surface area contributed by atoms with Gasteiger partial charge in [-0.3, -0.25) is 14.2 Å². The Kier molecular flexibility index (Phi) is 5.88. The number of nitrogens with one attached hydrogen (secondary N) is 1. The fraction of sp³-hybridized carbons (Fsp3) is 0.500. The summed E-state index contributed by atoms with van der Waals surface area (Å²) < 4.78 is 1.74. The molecule has 7 heteroatoms. The van der Waals surface area contributed by atoms with Gasteiger partial charge in [-0.1, -0.05) is 26.2 Å². The maximum absolute atomic E-state index is 12.7. The second-order valence-electron chi connectivity index (χ2n) is 7.03. The third-order valence-corrected chi connectivity index (χ3v) is 5.03. The SMILES string of the molecule is CCCC[C@H](NC(=O)c1ccc2c(=O)n3c(nc2c1)CCCCC3)C(=O)O. The summed E-state index contributed by atoms with van der Waals surface area (Å²) in [5, 5.41) is 12.3. The Hall–Kier alpha value is -2.70. The lowest BCUT2D eigenvalue weighted by Crippen LogP contribution is -2.40. The van der Waals surface area contributed by atoms with Crippen molar-refractivity contribution in [3.05, 3.63) is 39.9 Å². The lowest BCUT2D eigenvalue weighted by molar-refractivity contribution is -0.139. The monoisotopic (exact) mass is 371 g/mol. The van der Waals surface area contributed by atoms with Gasteiger partial charge in [0, 0.05) is 18.5 Å². The van der Waals surface area contributed by atoms with E-state index >= 15 is 0 Å². The van der Waals surface area contributed by atoms with E-state index in [-0.39, 0.29) is 5.56 Å². The largest absolute Gasteiger partial charge is 0.480 e. The number of carbonyl (C=O) groups excluding carboxylic acids is 1. The Bertz CT molecular complexity index is 919. The van der Waals surface area contributed by atoms with Gasteiger partial charge in [0.15, 0.2) is 0 Å². The molecule has 1 aromatic carbocycles. The molecule has 144 valence electrons. The van der Waals surface area contributed by atoms with Crippen LogP contribution in [-0.2, 0) is 17.8 Å². The molecule has 2 aromatic rings. The van der Waals surface area contributed by atoms with Crippen molar-refractivity contribution >= 4 is 22.8 Å². The molecule has 0 fully saturated rings. The standard InChI is InChI=1S/C20H25N3O4/c1-2-3-7-15(20(26)27)22-18(24)13-9-10-14-16(12-13)21-17-8-5-4-6-11-23(17)19(14)25/h9-10,12,15H,2-8,11H2,1H3,(H,22,24)(H,26,27)/t15-/m0/s1. The van der Waals surface area contributed by atoms with Crippen LogP contribution in [0.2, 0.25) is 0 Å². The van der Waals surface area contributed by atoms with Crippen molar-refractivity contribution in [2.24, 2.45) is 0 Å². The van der Waals surface area contributed by atoms with E-state index in [0.29, 0.717) is 29.4 Å². The van der Waals surface area contributed by atoms with Crippen LogP contribution < -0.4 is 10.9 Å². The topological polar surface area (TPSA) is 101 Å². The molecule has 27 heavy (non-hydrogen) atoms. The zero-order valence-electron chi connectivity index (χ0n) is 15.5. The smallest absolute Gasteiger partial charge is 0.326 e. The van der Waals surface area contributed by atoms with Crippen LogP contribution in [0.15, 0.2) is 23.0 Å². The summed E-state index contributed by atoms with van der Waals surface area (Å²) >= 11 is 0. The fourth-order valence-corrected chi connectivity index (χ4v) is 3.47. The molecule has 1 aromatic heterocycles. The van der Waals surface area contributed by atoms with Crippen LogP contribution in [0.4, 0.5) is 0 Å². The minimum absolute atomic E-state index is 0.0739. The van der Waals surface area contributed by atoms with E-state index in [1.165, 1.54) is 0 Å². The number of aliphatic carboxylic acids is 1. The predicted molar refractivity (Wildman–Crippen MR) is 102 cm³/mol. The van der Waals surface area contributed by atoms with Gasteiger partial charge >= 0.3 is 5.97 Å². The van der Waals surface area contributed by atoms with Gasteiger partial charge in [-0.05, 0) is 37.5 Å². The Balaban J connectivity index is 1.90. The van der Waals surface area contributed by atoms with Gasteiger partial charge in [-0.15, -0.1) is 0 Å². The first-order chi connectivity index (χ1) is 13.0. The molecule has 0 radical (unpaired) electrons. The first-order valence-corrected chi connectivity index (χ1v) is 9.58. The van der Waals surface area contributed by atoms with Gasteiger partial charge in [-0.25, -0.2) is 9.78 Å². The third-order valence-electron chi connectivity index (χ3n) is 5.03. The maximum atomic E-state index is 12.7. The van der Waals surface area contributed by atoms with Crippen molar-refractivity contribution < 1.29 is 14.7 Å². The molecule has 0 aliphatic carbocycles. The molecule has 0 unspecified atom stereocenters. The van der Waals surface area contributed by atoms with Gasteiger partial charge < -0.3 is 10.4 Å². The van der Waals surface area contributed by atoms with Crippen molar-refractivity contribution in [2.45, 2.75) is 64.5 Å². The molecule has 3 rings (SSSR count). The van der Waals surface area contributed by atoms with Crippen LogP contribution in [0.5, 0.6) is 0 Å². The first kappa shape index (κ1) is 19.1. The van der Waals surface area contributed by atoms with E-state index in [2.05, 4.69) is 10.3 Å². The Labute approximate surface area is 157 Å². The highest BCUT2D eigenvalue weighted by atomic mass is 16.4. The lowest BCUT2D eigenvalue weighted by Gasteiger charge is -2.15. The van der Waals surface area contributed by atoms with Gasteiger partial charge in [0.05, 0.1) is 10.9 Å². The number of amides is 1. The summed E-state index contributed by atoms with van der Waals surface area (Å²) in [6.45, 7) is 2.65. The highest BCUT2D eigenvalue weighted by Crippen LogP contribution is 2.16. The van der Waals surface area contributed by atoms with Gasteiger partial charge in [0.25, 0.3) is 11.5 Å². The molecule has 0 spiro atoms. The average Bonchev–Trinajstić information content (AvgIpc) is 2.90. The van der Waals surface area contributed by atoms with Crippen LogP contribution in [0.25, 0.3) is 10.9 Å². The molecular weight excluding hydrogens is 346 g/mol. The normalized spacial score (nSPS) is 15.0. The molecular formula is C20H25N3O4. The number of hydrogen-bond acceptors (Lipinski definition) is 4. The van der Waals surface area contributed by atoms with E-state index in [1.807, 2.05) is 6.92 Å². The van der Waals surface area contributed by atoms with Gasteiger partial charge in [0.1, 0.15) is 11.9 Å². The van der Waals surface area contributed by atoms with Gasteiger partial charge in [-0.2, -0.15) is 0 Å². The summed E-state index contributed by atoms with van der Waals surface area (Å²) in [5.74, 6) is -0.745. The average molecular weight is 371 g/mol. The van der Waals surface area contributed by atoms with Crippen molar-refractivity contribution in [3.8, 4) is 0 Å². The van der Waals surface area contributed by atoms with Crippen LogP contribution in [-0.4, -0.2) is 32.6 Å². The molecule has 1 atom stereocenters. The summed E-state index contributed by atoms with van der Waals surface area (Å²) in [6, 6.07) is 3.83. The number of nitrogens with zero attached hydrogens (tertiary/aromatic N) is 2. The van der Waals surface area contributed by atoms with Crippen molar-refractivity contribution in [3.63, 3.8) is 0 Å². The predicted octanol–water partition coefficient (Wildman–Crippen LogP) is 2.50. The van der Waals surface area contributed by atoms with Crippen LogP contribution in [0.1, 0.15) is 61.6 Å². The molecule has 2 heterocycles. The molecule has 0 saturated heterocycles. The zero-order valence-corrected chi connectivity index (χ0v) is 15.5.